The molecule has 4 heterocycles. The predicted molar refractivity (Wildman–Crippen MR) is 134 cm³/mol. The summed E-state index contributed by atoms with van der Waals surface area (Å²) in [6, 6.07) is 4.58. The molecule has 0 bridgehead atoms. The van der Waals surface area contributed by atoms with Gasteiger partial charge in [-0.1, -0.05) is 0 Å². The quantitative estimate of drug-likeness (QED) is 0.509. The van der Waals surface area contributed by atoms with Gasteiger partial charge in [0.15, 0.2) is 0 Å². The molecule has 5 rings (SSSR count). The van der Waals surface area contributed by atoms with Crippen LogP contribution in [-0.4, -0.2) is 54.2 Å². The van der Waals surface area contributed by atoms with Gasteiger partial charge in [-0.3, -0.25) is 9.67 Å². The molecule has 13 heteroatoms. The monoisotopic (exact) mass is 542 g/mol. The van der Waals surface area contributed by atoms with Crippen LogP contribution in [0.3, 0.4) is 0 Å². The topological polar surface area (TPSA) is 128 Å². The summed E-state index contributed by atoms with van der Waals surface area (Å²) < 4.78 is 47.7. The third-order valence-corrected chi connectivity index (χ3v) is 7.20. The molecule has 1 amide bonds. The summed E-state index contributed by atoms with van der Waals surface area (Å²) in [5, 5.41) is 18.7. The number of hydrogen-bond donors (Lipinski definition) is 1. The molecule has 3 aromatic heterocycles. The lowest BCUT2D eigenvalue weighted by Gasteiger charge is -2.45. The first-order valence-corrected chi connectivity index (χ1v) is 12.6. The smallest absolute Gasteiger partial charge is 0.433 e. The molecule has 1 saturated carbocycles. The lowest BCUT2D eigenvalue weighted by Crippen LogP contribution is -2.43. The number of halogens is 3. The zero-order valence-corrected chi connectivity index (χ0v) is 21.9. The Kier molecular flexibility index (Phi) is 6.32. The first kappa shape index (κ1) is 26.5. The molecule has 1 saturated heterocycles. The molecule has 10 nitrogen and oxygen atoms in total. The van der Waals surface area contributed by atoms with Crippen LogP contribution in [-0.2, 0) is 17.5 Å². The first-order valence-electron chi connectivity index (χ1n) is 12.6. The second kappa shape index (κ2) is 9.29. The molecule has 39 heavy (non-hydrogen) atoms. The van der Waals surface area contributed by atoms with E-state index in [2.05, 4.69) is 21.3 Å². The third kappa shape index (κ3) is 5.28. The van der Waals surface area contributed by atoms with Crippen LogP contribution in [0.25, 0.3) is 11.3 Å². The Balaban J connectivity index is 1.29. The molecule has 206 valence electrons. The van der Waals surface area contributed by atoms with Crippen molar-refractivity contribution in [3.8, 4) is 17.3 Å². The van der Waals surface area contributed by atoms with Gasteiger partial charge in [-0.2, -0.15) is 28.6 Å². The number of alkyl halides is 3. The van der Waals surface area contributed by atoms with Gasteiger partial charge in [0.2, 0.25) is 0 Å². The molecule has 1 aliphatic carbocycles. The van der Waals surface area contributed by atoms with E-state index in [1.54, 1.807) is 15.8 Å². The van der Waals surface area contributed by atoms with Crippen LogP contribution in [0.1, 0.15) is 62.9 Å². The lowest BCUT2D eigenvalue weighted by molar-refractivity contribution is -0.141. The van der Waals surface area contributed by atoms with E-state index < -0.39 is 17.5 Å². The maximum absolute atomic E-state index is 13.0. The van der Waals surface area contributed by atoms with Crippen molar-refractivity contribution in [2.75, 3.05) is 18.8 Å². The summed E-state index contributed by atoms with van der Waals surface area (Å²) in [5.41, 5.74) is 6.29. The van der Waals surface area contributed by atoms with Gasteiger partial charge < -0.3 is 15.4 Å². The van der Waals surface area contributed by atoms with E-state index in [1.165, 1.54) is 16.9 Å². The second-order valence-electron chi connectivity index (χ2n) is 11.4. The number of aromatic nitrogens is 5. The van der Waals surface area contributed by atoms with Crippen LogP contribution in [0.5, 0.6) is 0 Å². The number of nitrogens with zero attached hydrogens (tertiary/aromatic N) is 7. The molecule has 2 aliphatic rings. The average Bonchev–Trinajstić information content (AvgIpc) is 3.54. The van der Waals surface area contributed by atoms with Gasteiger partial charge in [-0.05, 0) is 63.1 Å². The Morgan fingerprint density at radius 2 is 2.05 bits per heavy atom. The number of hydrogen-bond acceptors (Lipinski definition) is 7. The molecular formula is C26H29F3N8O2. The van der Waals surface area contributed by atoms with Gasteiger partial charge in [-0.25, -0.2) is 9.48 Å². The molecule has 1 aliphatic heterocycles. The highest BCUT2D eigenvalue weighted by atomic mass is 19.4. The van der Waals surface area contributed by atoms with Crippen molar-refractivity contribution in [3.63, 3.8) is 0 Å². The number of ether oxygens (including phenoxy) is 1. The van der Waals surface area contributed by atoms with Crippen molar-refractivity contribution in [1.82, 2.24) is 29.4 Å². The SMILES string of the molecule is CC(C)(C)OC(=O)N1CC[C@]2(C1)C[C@H](n1nc(-c3cnn(Cc4ccnc(C(F)(F)F)c4)c3)c(C#N)c1N)C2. The van der Waals surface area contributed by atoms with E-state index in [4.69, 9.17) is 10.5 Å². The number of amides is 1. The summed E-state index contributed by atoms with van der Waals surface area (Å²) in [5.74, 6) is 0.256. The number of nitriles is 1. The number of carbonyl (C=O) groups excluding carboxylic acids is 1. The van der Waals surface area contributed by atoms with E-state index in [9.17, 15) is 23.2 Å². The number of likely N-dealkylation sites (tertiary alicyclic amines) is 1. The molecule has 2 fully saturated rings. The van der Waals surface area contributed by atoms with E-state index >= 15 is 0 Å². The normalized spacial score (nSPS) is 21.2. The summed E-state index contributed by atoms with van der Waals surface area (Å²) >= 11 is 0. The van der Waals surface area contributed by atoms with Crippen molar-refractivity contribution < 1.29 is 22.7 Å². The van der Waals surface area contributed by atoms with E-state index in [0.717, 1.165) is 31.5 Å². The molecule has 3 aromatic rings. The Labute approximate surface area is 223 Å². The van der Waals surface area contributed by atoms with Crippen molar-refractivity contribution in [3.05, 3.63) is 47.5 Å². The molecule has 0 aromatic carbocycles. The van der Waals surface area contributed by atoms with Crippen LogP contribution in [0.4, 0.5) is 23.8 Å². The number of nitrogen functional groups attached to an aromatic ring is 1. The van der Waals surface area contributed by atoms with Crippen LogP contribution in [0, 0.1) is 16.7 Å². The highest BCUT2D eigenvalue weighted by Crippen LogP contribution is 2.55. The maximum Gasteiger partial charge on any atom is 0.433 e. The Morgan fingerprint density at radius 3 is 2.72 bits per heavy atom. The Morgan fingerprint density at radius 1 is 1.31 bits per heavy atom. The van der Waals surface area contributed by atoms with Crippen LogP contribution >= 0.6 is 0 Å². The minimum Gasteiger partial charge on any atom is -0.444 e. The van der Waals surface area contributed by atoms with Gasteiger partial charge in [0.25, 0.3) is 0 Å². The van der Waals surface area contributed by atoms with Crippen LogP contribution < -0.4 is 5.73 Å². The van der Waals surface area contributed by atoms with Crippen molar-refractivity contribution in [1.29, 1.82) is 5.26 Å². The summed E-state index contributed by atoms with van der Waals surface area (Å²) in [4.78, 5) is 17.6. The van der Waals surface area contributed by atoms with E-state index in [-0.39, 0.29) is 35.5 Å². The largest absolute Gasteiger partial charge is 0.444 e. The van der Waals surface area contributed by atoms with Gasteiger partial charge >= 0.3 is 12.3 Å². The fourth-order valence-electron chi connectivity index (χ4n) is 5.39. The minimum absolute atomic E-state index is 0.0166. The van der Waals surface area contributed by atoms with Crippen LogP contribution in [0.2, 0.25) is 0 Å². The van der Waals surface area contributed by atoms with Crippen molar-refractivity contribution in [2.45, 2.75) is 64.4 Å². The van der Waals surface area contributed by atoms with Gasteiger partial charge in [0.1, 0.15) is 34.4 Å². The minimum atomic E-state index is -4.54. The molecular weight excluding hydrogens is 513 g/mol. The first-order chi connectivity index (χ1) is 18.3. The highest BCUT2D eigenvalue weighted by molar-refractivity contribution is 5.72. The standard InChI is InChI=1S/C26H29F3N8O2/c1-24(2,3)39-23(38)35-7-5-25(15-35)9-18(10-25)37-22(31)19(11-30)21(34-37)17-12-33-36(14-17)13-16-4-6-32-20(8-16)26(27,28)29/h4,6,8,12,14,18H,5,7,9-10,13,15,31H2,1-3H3/t18-,25-. The Hall–Kier alpha value is -4.08. The zero-order valence-electron chi connectivity index (χ0n) is 21.9. The van der Waals surface area contributed by atoms with Gasteiger partial charge in [0.05, 0.1) is 18.8 Å². The number of nitrogens with two attached hydrogens (primary N) is 1. The number of rotatable bonds is 4. The third-order valence-electron chi connectivity index (χ3n) is 7.20. The van der Waals surface area contributed by atoms with Gasteiger partial charge in [-0.15, -0.1) is 0 Å². The summed E-state index contributed by atoms with van der Waals surface area (Å²) in [6.45, 7) is 6.85. The second-order valence-corrected chi connectivity index (χ2v) is 11.4. The predicted octanol–water partition coefficient (Wildman–Crippen LogP) is 4.62. The van der Waals surface area contributed by atoms with Crippen molar-refractivity contribution >= 4 is 11.9 Å². The van der Waals surface area contributed by atoms with E-state index in [1.807, 2.05) is 20.8 Å². The van der Waals surface area contributed by atoms with Crippen LogP contribution in [0.15, 0.2) is 30.7 Å². The summed E-state index contributed by atoms with van der Waals surface area (Å²) in [7, 11) is 0. The molecule has 0 unspecified atom stereocenters. The fourth-order valence-corrected chi connectivity index (χ4v) is 5.39. The van der Waals surface area contributed by atoms with E-state index in [0.29, 0.717) is 29.9 Å². The maximum atomic E-state index is 13.0. The Bertz CT molecular complexity index is 1440. The molecule has 0 atom stereocenters. The summed E-state index contributed by atoms with van der Waals surface area (Å²) in [6.07, 6.45) is 1.80. The highest BCUT2D eigenvalue weighted by Gasteiger charge is 2.51. The average molecular weight is 543 g/mol. The number of pyridine rings is 1. The van der Waals surface area contributed by atoms with Crippen molar-refractivity contribution in [2.24, 2.45) is 5.41 Å². The van der Waals surface area contributed by atoms with Gasteiger partial charge in [0, 0.05) is 31.0 Å². The molecule has 1 spiro atoms. The number of anilines is 1. The fraction of sp³-hybridized carbons (Fsp3) is 0.500. The molecule has 0 radical (unpaired) electrons. The lowest BCUT2D eigenvalue weighted by atomic mass is 9.65. The number of carbonyl (C=O) groups is 1. The zero-order chi connectivity index (χ0) is 28.2. The molecule has 2 N–H and O–H groups in total.